The lowest BCUT2D eigenvalue weighted by molar-refractivity contribution is 0.477. The number of thiophene rings is 1. The average molecular weight is 331 g/mol. The molecule has 0 saturated heterocycles. The maximum absolute atomic E-state index is 12.4. The molecule has 0 bridgehead atoms. The molecule has 0 aliphatic heterocycles. The van der Waals surface area contributed by atoms with E-state index in [1.165, 1.54) is 11.3 Å². The van der Waals surface area contributed by atoms with Gasteiger partial charge in [-0.1, -0.05) is 27.2 Å². The summed E-state index contributed by atoms with van der Waals surface area (Å²) >= 11 is 1.39. The number of nitrogens with one attached hydrogen (secondary N) is 2. The molecule has 2 atom stereocenters. The van der Waals surface area contributed by atoms with Gasteiger partial charge in [-0.05, 0) is 37.3 Å². The zero-order chi connectivity index (χ0) is 15.5. The molecular weight excluding hydrogens is 304 g/mol. The molecule has 1 aromatic rings. The molecule has 1 fully saturated rings. The van der Waals surface area contributed by atoms with Crippen LogP contribution in [0, 0.1) is 5.92 Å². The summed E-state index contributed by atoms with van der Waals surface area (Å²) in [5.74, 6) is 0.439. The lowest BCUT2D eigenvalue weighted by Gasteiger charge is -2.16. The first kappa shape index (κ1) is 16.9. The Balaban J connectivity index is 1.95. The zero-order valence-corrected chi connectivity index (χ0v) is 14.7. The van der Waals surface area contributed by atoms with E-state index < -0.39 is 10.0 Å². The highest BCUT2D eigenvalue weighted by Crippen LogP contribution is 2.28. The van der Waals surface area contributed by atoms with Crippen molar-refractivity contribution in [3.8, 4) is 0 Å². The van der Waals surface area contributed by atoms with E-state index in [1.54, 1.807) is 6.07 Å². The Labute approximate surface area is 132 Å². The Morgan fingerprint density at radius 1 is 1.33 bits per heavy atom. The van der Waals surface area contributed by atoms with Crippen LogP contribution < -0.4 is 10.0 Å². The smallest absolute Gasteiger partial charge is 0.250 e. The second-order valence-electron chi connectivity index (χ2n) is 6.22. The molecule has 0 spiro atoms. The molecule has 2 rings (SSSR count). The molecule has 2 N–H and O–H groups in total. The summed E-state index contributed by atoms with van der Waals surface area (Å²) in [6, 6.07) is 4.22. The van der Waals surface area contributed by atoms with Crippen LogP contribution in [0.1, 0.15) is 44.9 Å². The van der Waals surface area contributed by atoms with E-state index in [0.29, 0.717) is 16.2 Å². The van der Waals surface area contributed by atoms with Gasteiger partial charge in [-0.25, -0.2) is 13.1 Å². The molecule has 1 heterocycles. The maximum atomic E-state index is 12.4. The number of rotatable bonds is 7. The van der Waals surface area contributed by atoms with E-state index >= 15 is 0 Å². The van der Waals surface area contributed by atoms with Crippen LogP contribution in [-0.4, -0.2) is 27.0 Å². The van der Waals surface area contributed by atoms with Crippen molar-refractivity contribution in [2.24, 2.45) is 5.92 Å². The lowest BCUT2D eigenvalue weighted by atomic mass is 10.1. The van der Waals surface area contributed by atoms with Crippen LogP contribution in [0.25, 0.3) is 0 Å². The predicted molar refractivity (Wildman–Crippen MR) is 88.3 cm³/mol. The van der Waals surface area contributed by atoms with Gasteiger partial charge in [0.05, 0.1) is 0 Å². The molecule has 2 unspecified atom stereocenters. The first-order chi connectivity index (χ1) is 9.88. The van der Waals surface area contributed by atoms with Gasteiger partial charge in [-0.15, -0.1) is 11.3 Å². The fraction of sp³-hybridized carbons (Fsp3) is 0.733. The predicted octanol–water partition coefficient (Wildman–Crippen LogP) is 2.76. The molecule has 0 aromatic carbocycles. The standard InChI is InChI=1S/C15H26N2O2S2/c1-11(2)16-10-9-13-7-8-15(20-13)21(18,19)17-14-6-4-5-12(14)3/h7-8,11-12,14,16-17H,4-6,9-10H2,1-3H3. The van der Waals surface area contributed by atoms with Crippen LogP contribution in [0.3, 0.4) is 0 Å². The largest absolute Gasteiger partial charge is 0.314 e. The zero-order valence-electron chi connectivity index (χ0n) is 13.1. The van der Waals surface area contributed by atoms with Crippen LogP contribution in [0.5, 0.6) is 0 Å². The first-order valence-electron chi connectivity index (χ1n) is 7.73. The van der Waals surface area contributed by atoms with Gasteiger partial charge in [0.25, 0.3) is 0 Å². The van der Waals surface area contributed by atoms with Crippen molar-refractivity contribution in [3.63, 3.8) is 0 Å². The van der Waals surface area contributed by atoms with Gasteiger partial charge >= 0.3 is 0 Å². The van der Waals surface area contributed by atoms with Gasteiger partial charge in [0, 0.05) is 23.5 Å². The van der Waals surface area contributed by atoms with Gasteiger partial charge < -0.3 is 5.32 Å². The molecule has 120 valence electrons. The Kier molecular flexibility index (Phi) is 5.82. The Morgan fingerprint density at radius 2 is 2.10 bits per heavy atom. The van der Waals surface area contributed by atoms with Crippen LogP contribution >= 0.6 is 11.3 Å². The monoisotopic (exact) mass is 330 g/mol. The minimum atomic E-state index is -3.35. The minimum absolute atomic E-state index is 0.100. The number of hydrogen-bond acceptors (Lipinski definition) is 4. The van der Waals surface area contributed by atoms with Gasteiger partial charge in [0.1, 0.15) is 4.21 Å². The van der Waals surface area contributed by atoms with Crippen LogP contribution in [0.2, 0.25) is 0 Å². The van der Waals surface area contributed by atoms with E-state index in [-0.39, 0.29) is 6.04 Å². The quantitative estimate of drug-likeness (QED) is 0.808. The molecule has 1 aliphatic rings. The second-order valence-corrected chi connectivity index (χ2v) is 9.32. The van der Waals surface area contributed by atoms with E-state index in [4.69, 9.17) is 0 Å². The lowest BCUT2D eigenvalue weighted by Crippen LogP contribution is -2.35. The Hall–Kier alpha value is -0.430. The fourth-order valence-electron chi connectivity index (χ4n) is 2.70. The fourth-order valence-corrected chi connectivity index (χ4v) is 5.45. The molecule has 1 aromatic heterocycles. The SMILES string of the molecule is CC(C)NCCc1ccc(S(=O)(=O)NC2CCCC2C)s1. The van der Waals surface area contributed by atoms with E-state index in [1.807, 2.05) is 6.07 Å². The second kappa shape index (κ2) is 7.22. The molecule has 0 amide bonds. The third-order valence-corrected chi connectivity index (χ3v) is 7.12. The third kappa shape index (κ3) is 4.77. The van der Waals surface area contributed by atoms with E-state index in [9.17, 15) is 8.42 Å². The Bertz CT molecular complexity index is 552. The molecule has 1 aliphatic carbocycles. The number of hydrogen-bond donors (Lipinski definition) is 2. The topological polar surface area (TPSA) is 58.2 Å². The van der Waals surface area contributed by atoms with E-state index in [0.717, 1.165) is 37.1 Å². The molecule has 6 heteroatoms. The molecule has 21 heavy (non-hydrogen) atoms. The maximum Gasteiger partial charge on any atom is 0.250 e. The van der Waals surface area contributed by atoms with Crippen molar-refractivity contribution < 1.29 is 8.42 Å². The minimum Gasteiger partial charge on any atom is -0.314 e. The van der Waals surface area contributed by atoms with E-state index in [2.05, 4.69) is 30.8 Å². The van der Waals surface area contributed by atoms with Crippen LogP contribution in [0.4, 0.5) is 0 Å². The van der Waals surface area contributed by atoms with Gasteiger partial charge in [-0.2, -0.15) is 0 Å². The van der Waals surface area contributed by atoms with Crippen molar-refractivity contribution in [1.29, 1.82) is 0 Å². The molecule has 0 radical (unpaired) electrons. The summed E-state index contributed by atoms with van der Waals surface area (Å²) in [5, 5.41) is 3.35. The van der Waals surface area contributed by atoms with Crippen molar-refractivity contribution in [2.45, 2.75) is 62.7 Å². The summed E-state index contributed by atoms with van der Waals surface area (Å²) in [4.78, 5) is 1.11. The average Bonchev–Trinajstić information content (AvgIpc) is 2.99. The van der Waals surface area contributed by atoms with Crippen LogP contribution in [-0.2, 0) is 16.4 Å². The van der Waals surface area contributed by atoms with Crippen molar-refractivity contribution in [2.75, 3.05) is 6.54 Å². The van der Waals surface area contributed by atoms with Crippen molar-refractivity contribution >= 4 is 21.4 Å². The normalized spacial score (nSPS) is 23.0. The summed E-state index contributed by atoms with van der Waals surface area (Å²) in [6.07, 6.45) is 4.06. The Morgan fingerprint density at radius 3 is 2.71 bits per heavy atom. The van der Waals surface area contributed by atoms with Crippen molar-refractivity contribution in [1.82, 2.24) is 10.0 Å². The first-order valence-corrected chi connectivity index (χ1v) is 10.0. The summed E-state index contributed by atoms with van der Waals surface area (Å²) in [5.41, 5.74) is 0. The number of sulfonamides is 1. The highest BCUT2D eigenvalue weighted by Gasteiger charge is 2.28. The summed E-state index contributed by atoms with van der Waals surface area (Å²) < 4.78 is 28.1. The summed E-state index contributed by atoms with van der Waals surface area (Å²) in [6.45, 7) is 7.22. The third-order valence-electron chi connectivity index (χ3n) is 3.99. The highest BCUT2D eigenvalue weighted by molar-refractivity contribution is 7.91. The summed E-state index contributed by atoms with van der Waals surface area (Å²) in [7, 11) is -3.35. The van der Waals surface area contributed by atoms with Crippen LogP contribution in [0.15, 0.2) is 16.3 Å². The van der Waals surface area contributed by atoms with Gasteiger partial charge in [0.2, 0.25) is 10.0 Å². The molecular formula is C15H26N2O2S2. The highest BCUT2D eigenvalue weighted by atomic mass is 32.2. The van der Waals surface area contributed by atoms with Gasteiger partial charge in [0.15, 0.2) is 0 Å². The van der Waals surface area contributed by atoms with Crippen molar-refractivity contribution in [3.05, 3.63) is 17.0 Å². The molecule has 1 saturated carbocycles. The van der Waals surface area contributed by atoms with Gasteiger partial charge in [-0.3, -0.25) is 0 Å². The molecule has 4 nitrogen and oxygen atoms in total.